The van der Waals surface area contributed by atoms with E-state index in [1.165, 1.54) is 0 Å². The van der Waals surface area contributed by atoms with E-state index >= 15 is 0 Å². The zero-order valence-corrected chi connectivity index (χ0v) is 17.7. The standard InChI is InChI=1S/C21H20Cl2N2O2S/c1-2-26-18-9-7-17(8-10-18)24-21(28)25(14-19-4-3-11-27-19)13-15-5-6-16(22)12-20(15)23/h3-12H,2,13-14H2,1H3,(H,24,28). The second kappa shape index (κ2) is 9.82. The molecule has 146 valence electrons. The maximum atomic E-state index is 6.36. The Morgan fingerprint density at radius 3 is 2.54 bits per heavy atom. The van der Waals surface area contributed by atoms with Crippen molar-refractivity contribution >= 4 is 46.2 Å². The van der Waals surface area contributed by atoms with Crippen LogP contribution in [-0.4, -0.2) is 16.6 Å². The van der Waals surface area contributed by atoms with Gasteiger partial charge in [-0.1, -0.05) is 29.3 Å². The van der Waals surface area contributed by atoms with Gasteiger partial charge < -0.3 is 19.4 Å². The van der Waals surface area contributed by atoms with Crippen LogP contribution in [0.5, 0.6) is 5.75 Å². The Balaban J connectivity index is 1.76. The van der Waals surface area contributed by atoms with Crippen LogP contribution in [0.25, 0.3) is 0 Å². The molecule has 1 aromatic heterocycles. The largest absolute Gasteiger partial charge is 0.494 e. The Kier molecular flexibility index (Phi) is 7.20. The molecule has 0 fully saturated rings. The van der Waals surface area contributed by atoms with E-state index in [0.29, 0.717) is 34.9 Å². The highest BCUT2D eigenvalue weighted by Crippen LogP contribution is 2.24. The second-order valence-electron chi connectivity index (χ2n) is 6.06. The fourth-order valence-electron chi connectivity index (χ4n) is 2.65. The molecule has 0 aliphatic carbocycles. The maximum Gasteiger partial charge on any atom is 0.174 e. The number of anilines is 1. The highest BCUT2D eigenvalue weighted by molar-refractivity contribution is 7.80. The van der Waals surface area contributed by atoms with Crippen molar-refractivity contribution in [1.29, 1.82) is 0 Å². The van der Waals surface area contributed by atoms with Gasteiger partial charge in [0.05, 0.1) is 19.4 Å². The minimum Gasteiger partial charge on any atom is -0.494 e. The SMILES string of the molecule is CCOc1ccc(NC(=S)N(Cc2ccco2)Cc2ccc(Cl)cc2Cl)cc1. The number of rotatable bonds is 7. The topological polar surface area (TPSA) is 37.6 Å². The molecule has 2 aromatic carbocycles. The van der Waals surface area contributed by atoms with Gasteiger partial charge in [0.15, 0.2) is 5.11 Å². The van der Waals surface area contributed by atoms with Crippen molar-refractivity contribution in [2.45, 2.75) is 20.0 Å². The summed E-state index contributed by atoms with van der Waals surface area (Å²) in [6.45, 7) is 3.61. The molecular weight excluding hydrogens is 415 g/mol. The second-order valence-corrected chi connectivity index (χ2v) is 7.29. The molecule has 3 aromatic rings. The fourth-order valence-corrected chi connectivity index (χ4v) is 3.36. The molecule has 0 atom stereocenters. The van der Waals surface area contributed by atoms with Gasteiger partial charge in [-0.05, 0) is 73.2 Å². The Hall–Kier alpha value is -2.21. The smallest absolute Gasteiger partial charge is 0.174 e. The monoisotopic (exact) mass is 434 g/mol. The quantitative estimate of drug-likeness (QED) is 0.436. The average molecular weight is 435 g/mol. The minimum atomic E-state index is 0.509. The molecular formula is C21H20Cl2N2O2S. The van der Waals surface area contributed by atoms with Gasteiger partial charge in [-0.15, -0.1) is 0 Å². The van der Waals surface area contributed by atoms with E-state index in [0.717, 1.165) is 22.8 Å². The lowest BCUT2D eigenvalue weighted by atomic mass is 10.2. The summed E-state index contributed by atoms with van der Waals surface area (Å²) in [6.07, 6.45) is 1.64. The zero-order chi connectivity index (χ0) is 19.9. The van der Waals surface area contributed by atoms with Crippen molar-refractivity contribution < 1.29 is 9.15 Å². The van der Waals surface area contributed by atoms with Crippen LogP contribution in [0, 0.1) is 0 Å². The van der Waals surface area contributed by atoms with E-state index in [1.54, 1.807) is 12.3 Å². The highest BCUT2D eigenvalue weighted by atomic mass is 35.5. The van der Waals surface area contributed by atoms with Crippen LogP contribution < -0.4 is 10.1 Å². The van der Waals surface area contributed by atoms with E-state index in [1.807, 2.05) is 60.4 Å². The Morgan fingerprint density at radius 1 is 1.11 bits per heavy atom. The van der Waals surface area contributed by atoms with Crippen molar-refractivity contribution in [3.05, 3.63) is 82.2 Å². The molecule has 3 rings (SSSR count). The summed E-state index contributed by atoms with van der Waals surface area (Å²) in [6, 6.07) is 16.9. The van der Waals surface area contributed by atoms with Gasteiger partial charge in [0.2, 0.25) is 0 Å². The first-order valence-corrected chi connectivity index (χ1v) is 9.96. The van der Waals surface area contributed by atoms with Crippen LogP contribution in [-0.2, 0) is 13.1 Å². The van der Waals surface area contributed by atoms with Gasteiger partial charge in [-0.3, -0.25) is 0 Å². The summed E-state index contributed by atoms with van der Waals surface area (Å²) in [7, 11) is 0. The normalized spacial score (nSPS) is 10.5. The third-order valence-corrected chi connectivity index (χ3v) is 4.95. The fraction of sp³-hybridized carbons (Fsp3) is 0.190. The Labute approximate surface area is 180 Å². The van der Waals surface area contributed by atoms with Crippen molar-refractivity contribution in [2.75, 3.05) is 11.9 Å². The van der Waals surface area contributed by atoms with Crippen LogP contribution in [0.3, 0.4) is 0 Å². The van der Waals surface area contributed by atoms with Crippen LogP contribution in [0.15, 0.2) is 65.3 Å². The number of ether oxygens (including phenoxy) is 1. The number of furan rings is 1. The first-order valence-electron chi connectivity index (χ1n) is 8.80. The highest BCUT2D eigenvalue weighted by Gasteiger charge is 2.15. The first kappa shape index (κ1) is 20.5. The van der Waals surface area contributed by atoms with Crippen molar-refractivity contribution in [3.8, 4) is 5.75 Å². The number of benzene rings is 2. The van der Waals surface area contributed by atoms with Crippen LogP contribution in [0.1, 0.15) is 18.2 Å². The van der Waals surface area contributed by atoms with Gasteiger partial charge in [0, 0.05) is 22.3 Å². The van der Waals surface area contributed by atoms with Crippen LogP contribution in [0.2, 0.25) is 10.0 Å². The van der Waals surface area contributed by atoms with Crippen LogP contribution >= 0.6 is 35.4 Å². The number of nitrogens with one attached hydrogen (secondary N) is 1. The van der Waals surface area contributed by atoms with E-state index in [9.17, 15) is 0 Å². The average Bonchev–Trinajstić information content (AvgIpc) is 3.18. The van der Waals surface area contributed by atoms with Gasteiger partial charge in [0.25, 0.3) is 0 Å². The molecule has 1 N–H and O–H groups in total. The molecule has 0 bridgehead atoms. The van der Waals surface area contributed by atoms with E-state index in [-0.39, 0.29) is 0 Å². The maximum absolute atomic E-state index is 6.36. The van der Waals surface area contributed by atoms with E-state index in [4.69, 9.17) is 44.6 Å². The number of hydrogen-bond acceptors (Lipinski definition) is 3. The molecule has 28 heavy (non-hydrogen) atoms. The Morgan fingerprint density at radius 2 is 1.89 bits per heavy atom. The van der Waals surface area contributed by atoms with Gasteiger partial charge in [-0.25, -0.2) is 0 Å². The van der Waals surface area contributed by atoms with Gasteiger partial charge in [0.1, 0.15) is 11.5 Å². The molecule has 0 saturated heterocycles. The Bertz CT molecular complexity index is 915. The zero-order valence-electron chi connectivity index (χ0n) is 15.3. The lowest BCUT2D eigenvalue weighted by Crippen LogP contribution is -2.33. The third-order valence-electron chi connectivity index (χ3n) is 4.01. The van der Waals surface area contributed by atoms with E-state index in [2.05, 4.69) is 5.32 Å². The first-order chi connectivity index (χ1) is 13.5. The van der Waals surface area contributed by atoms with Crippen LogP contribution in [0.4, 0.5) is 5.69 Å². The van der Waals surface area contributed by atoms with Crippen molar-refractivity contribution in [3.63, 3.8) is 0 Å². The predicted molar refractivity (Wildman–Crippen MR) is 118 cm³/mol. The van der Waals surface area contributed by atoms with Crippen molar-refractivity contribution in [2.24, 2.45) is 0 Å². The molecule has 1 heterocycles. The molecule has 0 spiro atoms. The molecule has 0 radical (unpaired) electrons. The molecule has 0 unspecified atom stereocenters. The van der Waals surface area contributed by atoms with Gasteiger partial charge in [-0.2, -0.15) is 0 Å². The molecule has 4 nitrogen and oxygen atoms in total. The molecule has 0 amide bonds. The van der Waals surface area contributed by atoms with Crippen molar-refractivity contribution in [1.82, 2.24) is 4.90 Å². The van der Waals surface area contributed by atoms with Gasteiger partial charge >= 0.3 is 0 Å². The number of thiocarbonyl (C=S) groups is 1. The van der Waals surface area contributed by atoms with E-state index < -0.39 is 0 Å². The molecule has 0 saturated carbocycles. The third kappa shape index (κ3) is 5.64. The lowest BCUT2D eigenvalue weighted by Gasteiger charge is -2.25. The summed E-state index contributed by atoms with van der Waals surface area (Å²) in [5.41, 5.74) is 1.80. The predicted octanol–water partition coefficient (Wildman–Crippen LogP) is 6.38. The number of halogens is 2. The summed E-state index contributed by atoms with van der Waals surface area (Å²) in [4.78, 5) is 1.99. The number of hydrogen-bond donors (Lipinski definition) is 1. The molecule has 0 aliphatic heterocycles. The summed E-state index contributed by atoms with van der Waals surface area (Å²) >= 11 is 18.0. The summed E-state index contributed by atoms with van der Waals surface area (Å²) < 4.78 is 11.0. The molecule has 7 heteroatoms. The molecule has 0 aliphatic rings. The number of nitrogens with zero attached hydrogens (tertiary/aromatic N) is 1. The summed E-state index contributed by atoms with van der Waals surface area (Å²) in [5, 5.41) is 5.02. The lowest BCUT2D eigenvalue weighted by molar-refractivity contribution is 0.340. The summed E-state index contributed by atoms with van der Waals surface area (Å²) in [5.74, 6) is 1.63. The minimum absolute atomic E-state index is 0.509.